The minimum absolute atomic E-state index is 0.0352. The average molecular weight is 768 g/mol. The van der Waals surface area contributed by atoms with Crippen molar-refractivity contribution in [1.82, 2.24) is 0 Å². The van der Waals surface area contributed by atoms with E-state index in [0.29, 0.717) is 5.92 Å². The summed E-state index contributed by atoms with van der Waals surface area (Å²) < 4.78 is 2.67. The van der Waals surface area contributed by atoms with Crippen LogP contribution in [0.2, 0.25) is 0 Å². The van der Waals surface area contributed by atoms with Crippen molar-refractivity contribution in [2.45, 2.75) is 64.2 Å². The van der Waals surface area contributed by atoms with Gasteiger partial charge in [0.25, 0.3) is 0 Å². The lowest BCUT2D eigenvalue weighted by atomic mass is 9.80. The highest BCUT2D eigenvalue weighted by Crippen LogP contribution is 2.49. The molecule has 8 aromatic carbocycles. The van der Waals surface area contributed by atoms with E-state index in [4.69, 9.17) is 0 Å². The van der Waals surface area contributed by atoms with Crippen LogP contribution in [0.1, 0.15) is 69.9 Å². The van der Waals surface area contributed by atoms with Crippen LogP contribution in [0.15, 0.2) is 176 Å². The van der Waals surface area contributed by atoms with Gasteiger partial charge in [-0.25, -0.2) is 0 Å². The number of thiophene rings is 1. The Bertz CT molecular complexity index is 2900. The van der Waals surface area contributed by atoms with Gasteiger partial charge in [0.15, 0.2) is 0 Å². The van der Waals surface area contributed by atoms with E-state index < -0.39 is 0 Å². The van der Waals surface area contributed by atoms with Crippen LogP contribution in [0.4, 0.5) is 17.1 Å². The Labute approximate surface area is 347 Å². The van der Waals surface area contributed by atoms with E-state index in [0.717, 1.165) is 5.69 Å². The van der Waals surface area contributed by atoms with Crippen LogP contribution in [0.25, 0.3) is 64.3 Å². The van der Waals surface area contributed by atoms with Gasteiger partial charge in [0.05, 0.1) is 11.4 Å². The van der Waals surface area contributed by atoms with Crippen molar-refractivity contribution in [1.29, 1.82) is 0 Å². The molecule has 0 amide bonds. The number of fused-ring (bicyclic) bond motifs is 4. The van der Waals surface area contributed by atoms with Crippen molar-refractivity contribution in [2.75, 3.05) is 4.90 Å². The molecule has 58 heavy (non-hydrogen) atoms. The fourth-order valence-corrected chi connectivity index (χ4v) is 10.7. The summed E-state index contributed by atoms with van der Waals surface area (Å²) in [4.78, 5) is 2.54. The van der Waals surface area contributed by atoms with Crippen molar-refractivity contribution >= 4 is 59.3 Å². The predicted molar refractivity (Wildman–Crippen MR) is 252 cm³/mol. The molecule has 2 heteroatoms. The molecule has 0 unspecified atom stereocenters. The fraction of sp³-hybridized carbons (Fsp3) is 0.179. The maximum atomic E-state index is 2.54. The molecule has 1 fully saturated rings. The predicted octanol–water partition coefficient (Wildman–Crippen LogP) is 17.0. The first-order valence-corrected chi connectivity index (χ1v) is 21.9. The highest BCUT2D eigenvalue weighted by Gasteiger charge is 2.26. The average Bonchev–Trinajstić information content (AvgIpc) is 3.66. The second kappa shape index (κ2) is 15.1. The lowest BCUT2D eigenvalue weighted by Crippen LogP contribution is -2.16. The van der Waals surface area contributed by atoms with Crippen molar-refractivity contribution in [2.24, 2.45) is 0 Å². The van der Waals surface area contributed by atoms with Gasteiger partial charge in [-0.1, -0.05) is 186 Å². The topological polar surface area (TPSA) is 3.24 Å². The second-order valence-electron chi connectivity index (χ2n) is 17.1. The molecule has 0 spiro atoms. The van der Waals surface area contributed by atoms with E-state index in [2.05, 4.69) is 202 Å². The molecule has 1 aliphatic rings. The molecule has 0 aliphatic heterocycles. The van der Waals surface area contributed by atoms with Gasteiger partial charge in [0.1, 0.15) is 0 Å². The quantitative estimate of drug-likeness (QED) is 0.156. The van der Waals surface area contributed by atoms with Gasteiger partial charge in [-0.3, -0.25) is 0 Å². The largest absolute Gasteiger partial charge is 0.309 e. The van der Waals surface area contributed by atoms with Crippen LogP contribution in [0, 0.1) is 0 Å². The number of anilines is 3. The smallest absolute Gasteiger partial charge is 0.0543 e. The summed E-state index contributed by atoms with van der Waals surface area (Å²) in [6, 6.07) is 66.0. The molecule has 0 saturated heterocycles. The van der Waals surface area contributed by atoms with Gasteiger partial charge < -0.3 is 4.90 Å². The Hall–Kier alpha value is -5.96. The van der Waals surface area contributed by atoms with Gasteiger partial charge in [-0.2, -0.15) is 0 Å². The highest BCUT2D eigenvalue weighted by atomic mass is 32.1. The lowest BCUT2D eigenvalue weighted by Gasteiger charge is -2.32. The summed E-state index contributed by atoms with van der Waals surface area (Å²) in [5.74, 6) is 0.591. The van der Waals surface area contributed by atoms with E-state index in [1.54, 1.807) is 0 Å². The third kappa shape index (κ3) is 6.60. The van der Waals surface area contributed by atoms with Gasteiger partial charge in [-0.15, -0.1) is 11.3 Å². The van der Waals surface area contributed by atoms with Crippen LogP contribution in [-0.4, -0.2) is 0 Å². The molecule has 10 rings (SSSR count). The monoisotopic (exact) mass is 767 g/mol. The lowest BCUT2D eigenvalue weighted by molar-refractivity contribution is 0.445. The summed E-state index contributed by atoms with van der Waals surface area (Å²) in [5, 5.41) is 5.38. The van der Waals surface area contributed by atoms with Gasteiger partial charge >= 0.3 is 0 Å². The van der Waals surface area contributed by atoms with Gasteiger partial charge in [0, 0.05) is 37.0 Å². The Morgan fingerprint density at radius 3 is 1.97 bits per heavy atom. The summed E-state index contributed by atoms with van der Waals surface area (Å²) in [6.45, 7) is 6.96. The number of rotatable bonds is 7. The summed E-state index contributed by atoms with van der Waals surface area (Å²) in [5.41, 5.74) is 13.8. The zero-order chi connectivity index (χ0) is 39.2. The van der Waals surface area contributed by atoms with Crippen molar-refractivity contribution < 1.29 is 0 Å². The molecule has 1 saturated carbocycles. The number of nitrogens with zero attached hydrogens (tertiary/aromatic N) is 1. The molecular weight excluding hydrogens is 719 g/mol. The van der Waals surface area contributed by atoms with E-state index in [9.17, 15) is 0 Å². The molecule has 9 aromatic rings. The van der Waals surface area contributed by atoms with Crippen LogP contribution >= 0.6 is 11.3 Å². The standard InChI is InChI=1S/C56H49NS/c1-56(2,3)42-33-36-44(38-17-6-4-7-18-38)52(37-42)57(43-34-31-40(32-35-43)46-26-16-28-50-48-24-11-13-30-53(48)58-55(46)50)51-29-12-10-23-47(51)49-27-15-22-41-21-14-25-45(54(41)49)39-19-8-5-9-20-39/h4,6-7,10-18,21-37,39H,5,8-9,19-20H2,1-3H3. The molecule has 0 N–H and O–H groups in total. The van der Waals surface area contributed by atoms with Crippen LogP contribution < -0.4 is 4.90 Å². The summed E-state index contributed by atoms with van der Waals surface area (Å²) in [7, 11) is 0. The third-order valence-electron chi connectivity index (χ3n) is 12.4. The SMILES string of the molecule is CC(C)(C)c1ccc(-c2ccccc2)c(N(c2ccc(-c3cccc4c3sc3ccccc34)cc2)c2ccccc2-c2cccc3cccc(C4CCCCC4)c23)c1. The van der Waals surface area contributed by atoms with E-state index in [1.165, 1.54) is 119 Å². The molecule has 1 aliphatic carbocycles. The van der Waals surface area contributed by atoms with Gasteiger partial charge in [0.2, 0.25) is 0 Å². The number of para-hydroxylation sites is 1. The summed E-state index contributed by atoms with van der Waals surface area (Å²) in [6.07, 6.45) is 6.51. The Kier molecular flexibility index (Phi) is 9.46. The fourth-order valence-electron chi connectivity index (χ4n) is 9.46. The van der Waals surface area contributed by atoms with E-state index >= 15 is 0 Å². The molecule has 0 radical (unpaired) electrons. The van der Waals surface area contributed by atoms with Crippen LogP contribution in [-0.2, 0) is 5.41 Å². The number of benzene rings is 8. The molecule has 1 nitrogen and oxygen atoms in total. The minimum atomic E-state index is -0.0352. The van der Waals surface area contributed by atoms with Crippen molar-refractivity contribution in [3.05, 3.63) is 187 Å². The van der Waals surface area contributed by atoms with Crippen molar-refractivity contribution in [3.8, 4) is 33.4 Å². The van der Waals surface area contributed by atoms with Crippen LogP contribution in [0.3, 0.4) is 0 Å². The van der Waals surface area contributed by atoms with Crippen molar-refractivity contribution in [3.63, 3.8) is 0 Å². The first-order valence-electron chi connectivity index (χ1n) is 21.0. The highest BCUT2D eigenvalue weighted by molar-refractivity contribution is 7.26. The Balaban J connectivity index is 1.21. The zero-order valence-corrected chi connectivity index (χ0v) is 34.5. The minimum Gasteiger partial charge on any atom is -0.309 e. The first kappa shape index (κ1) is 36.4. The second-order valence-corrected chi connectivity index (χ2v) is 18.2. The normalized spacial score (nSPS) is 13.7. The molecule has 284 valence electrons. The van der Waals surface area contributed by atoms with E-state index in [1.807, 2.05) is 11.3 Å². The van der Waals surface area contributed by atoms with Gasteiger partial charge in [-0.05, 0) is 98.7 Å². The maximum absolute atomic E-state index is 2.54. The zero-order valence-electron chi connectivity index (χ0n) is 33.7. The molecule has 0 bridgehead atoms. The number of hydrogen-bond donors (Lipinski definition) is 0. The maximum Gasteiger partial charge on any atom is 0.0543 e. The van der Waals surface area contributed by atoms with E-state index in [-0.39, 0.29) is 5.41 Å². The molecule has 0 atom stereocenters. The molecule has 1 aromatic heterocycles. The third-order valence-corrected chi connectivity index (χ3v) is 13.7. The summed E-state index contributed by atoms with van der Waals surface area (Å²) >= 11 is 1.89. The molecule has 1 heterocycles. The Morgan fingerprint density at radius 2 is 1.16 bits per heavy atom. The Morgan fingerprint density at radius 1 is 0.500 bits per heavy atom. The number of hydrogen-bond acceptors (Lipinski definition) is 2. The first-order chi connectivity index (χ1) is 28.4. The van der Waals surface area contributed by atoms with Crippen LogP contribution in [0.5, 0.6) is 0 Å². The molecular formula is C56H49NS.